The van der Waals surface area contributed by atoms with Crippen molar-refractivity contribution in [1.82, 2.24) is 0 Å². The van der Waals surface area contributed by atoms with E-state index in [9.17, 15) is 4.79 Å². The van der Waals surface area contributed by atoms with Gasteiger partial charge in [-0.3, -0.25) is 4.89 Å². The van der Waals surface area contributed by atoms with Gasteiger partial charge in [0.15, 0.2) is 0 Å². The van der Waals surface area contributed by atoms with Crippen LogP contribution in [0.2, 0.25) is 13.1 Å². The molecule has 2 rings (SSSR count). The van der Waals surface area contributed by atoms with Crippen LogP contribution in [-0.4, -0.2) is 20.1 Å². The maximum atomic E-state index is 12.2. The van der Waals surface area contributed by atoms with E-state index in [0.29, 0.717) is 16.9 Å². The molecule has 3 nitrogen and oxygen atoms in total. The Kier molecular flexibility index (Phi) is 6.28. The summed E-state index contributed by atoms with van der Waals surface area (Å²) in [5, 5.41) is 1.25. The van der Waals surface area contributed by atoms with Crippen molar-refractivity contribution in [3.05, 3.63) is 42.1 Å². The van der Waals surface area contributed by atoms with E-state index in [1.165, 1.54) is 5.19 Å². The fourth-order valence-electron chi connectivity index (χ4n) is 3.34. The molecule has 0 N–H and O–H groups in total. The van der Waals surface area contributed by atoms with Gasteiger partial charge < -0.3 is 0 Å². The van der Waals surface area contributed by atoms with E-state index in [-0.39, 0.29) is 6.10 Å². The molecule has 0 bridgehead atoms. The van der Waals surface area contributed by atoms with Gasteiger partial charge >= 0.3 is 5.97 Å². The number of rotatable bonds is 5. The van der Waals surface area contributed by atoms with E-state index in [4.69, 9.17) is 9.78 Å². The highest BCUT2D eigenvalue weighted by molar-refractivity contribution is 6.93. The van der Waals surface area contributed by atoms with Gasteiger partial charge in [-0.1, -0.05) is 56.9 Å². The molecule has 4 heteroatoms. The zero-order chi connectivity index (χ0) is 18.7. The third kappa shape index (κ3) is 5.29. The van der Waals surface area contributed by atoms with Crippen LogP contribution in [0.25, 0.3) is 0 Å². The topological polar surface area (TPSA) is 35.5 Å². The van der Waals surface area contributed by atoms with Gasteiger partial charge in [-0.2, -0.15) is 4.89 Å². The van der Waals surface area contributed by atoms with Crippen molar-refractivity contribution in [2.75, 3.05) is 0 Å². The molecule has 1 fully saturated rings. The zero-order valence-electron chi connectivity index (χ0n) is 16.3. The molecule has 0 radical (unpaired) electrons. The Morgan fingerprint density at radius 2 is 1.68 bits per heavy atom. The lowest BCUT2D eigenvalue weighted by Crippen LogP contribution is -2.39. The largest absolute Gasteiger partial charge is 0.373 e. The van der Waals surface area contributed by atoms with E-state index in [1.54, 1.807) is 0 Å². The average molecular weight is 361 g/mol. The van der Waals surface area contributed by atoms with E-state index in [2.05, 4.69) is 40.4 Å². The molecule has 138 valence electrons. The Bertz CT molecular complexity index is 591. The Balaban J connectivity index is 1.84. The molecule has 1 aliphatic carbocycles. The third-order valence-electron chi connectivity index (χ3n) is 5.53. The van der Waals surface area contributed by atoms with Gasteiger partial charge in [0.05, 0.1) is 5.56 Å². The molecule has 0 unspecified atom stereocenters. The highest BCUT2D eigenvalue weighted by Gasteiger charge is 2.31. The predicted molar refractivity (Wildman–Crippen MR) is 105 cm³/mol. The molecule has 0 amide bonds. The second-order valence-electron chi connectivity index (χ2n) is 8.81. The van der Waals surface area contributed by atoms with Crippen LogP contribution < -0.4 is 5.19 Å². The summed E-state index contributed by atoms with van der Waals surface area (Å²) in [5.74, 6) is 0.301. The van der Waals surface area contributed by atoms with Crippen LogP contribution in [0.4, 0.5) is 0 Å². The molecule has 1 aromatic rings. The van der Waals surface area contributed by atoms with Gasteiger partial charge in [0.2, 0.25) is 0 Å². The first-order valence-electron chi connectivity index (χ1n) is 9.25. The fraction of sp³-hybridized carbons (Fsp3) is 0.571. The minimum absolute atomic E-state index is 0.0222. The summed E-state index contributed by atoms with van der Waals surface area (Å²) < 4.78 is 0. The highest BCUT2D eigenvalue weighted by atomic mass is 28.3. The number of carbonyl (C=O) groups is 1. The second-order valence-corrected chi connectivity index (χ2v) is 13.2. The summed E-state index contributed by atoms with van der Waals surface area (Å²) in [6.07, 6.45) is 4.18. The molecular weight excluding hydrogens is 328 g/mol. The van der Waals surface area contributed by atoms with Crippen molar-refractivity contribution in [3.8, 4) is 0 Å². The standard InChI is InChI=1S/C21H32O3Si/c1-7-25(5,6)19-14-8-16(9-15-19)20(22)24-23-18-12-10-17(11-13-18)21(2,3)4/h7-9,14-15,17-18H,1,10-13H2,2-6H3. The van der Waals surface area contributed by atoms with Crippen LogP contribution in [0.5, 0.6) is 0 Å². The fourth-order valence-corrected chi connectivity index (χ4v) is 4.60. The highest BCUT2D eigenvalue weighted by Crippen LogP contribution is 2.38. The zero-order valence-corrected chi connectivity index (χ0v) is 17.3. The quantitative estimate of drug-likeness (QED) is 0.420. The molecule has 1 aromatic carbocycles. The first kappa shape index (κ1) is 19.9. The molecular formula is C21H32O3Si. The van der Waals surface area contributed by atoms with Crippen LogP contribution >= 0.6 is 0 Å². The van der Waals surface area contributed by atoms with E-state index in [0.717, 1.165) is 25.7 Å². The summed E-state index contributed by atoms with van der Waals surface area (Å²) in [6.45, 7) is 15.2. The smallest absolute Gasteiger partial charge is 0.293 e. The van der Waals surface area contributed by atoms with Gasteiger partial charge in [0.25, 0.3) is 0 Å². The Morgan fingerprint density at radius 3 is 2.16 bits per heavy atom. The third-order valence-corrected chi connectivity index (χ3v) is 8.38. The molecule has 0 aromatic heterocycles. The minimum Gasteiger partial charge on any atom is -0.293 e. The van der Waals surface area contributed by atoms with Gasteiger partial charge in [0.1, 0.15) is 14.2 Å². The van der Waals surface area contributed by atoms with Crippen LogP contribution in [0.1, 0.15) is 56.8 Å². The van der Waals surface area contributed by atoms with Gasteiger partial charge in [-0.25, -0.2) is 4.79 Å². The Morgan fingerprint density at radius 1 is 1.12 bits per heavy atom. The monoisotopic (exact) mass is 360 g/mol. The van der Waals surface area contributed by atoms with Crippen molar-refractivity contribution in [2.45, 2.75) is 65.7 Å². The summed E-state index contributed by atoms with van der Waals surface area (Å²) in [6, 6.07) is 7.63. The molecule has 1 aliphatic rings. The lowest BCUT2D eigenvalue weighted by molar-refractivity contribution is -0.281. The van der Waals surface area contributed by atoms with E-state index in [1.807, 2.05) is 30.0 Å². The lowest BCUT2D eigenvalue weighted by atomic mass is 9.72. The van der Waals surface area contributed by atoms with E-state index < -0.39 is 14.0 Å². The summed E-state index contributed by atoms with van der Waals surface area (Å²) in [5.41, 5.74) is 2.91. The molecule has 0 spiro atoms. The second kappa shape index (κ2) is 7.88. The Hall–Kier alpha value is -1.39. The molecule has 0 atom stereocenters. The SMILES string of the molecule is C=C[Si](C)(C)c1ccc(C(=O)OOC2CCC(C(C)(C)C)CC2)cc1. The van der Waals surface area contributed by atoms with Crippen LogP contribution in [0.3, 0.4) is 0 Å². The maximum Gasteiger partial charge on any atom is 0.373 e. The van der Waals surface area contributed by atoms with Crippen molar-refractivity contribution in [2.24, 2.45) is 11.3 Å². The molecule has 0 heterocycles. The molecule has 1 saturated carbocycles. The summed E-state index contributed by atoms with van der Waals surface area (Å²) >= 11 is 0. The number of hydrogen-bond donors (Lipinski definition) is 0. The van der Waals surface area contributed by atoms with Crippen molar-refractivity contribution in [3.63, 3.8) is 0 Å². The van der Waals surface area contributed by atoms with Crippen LogP contribution in [0, 0.1) is 11.3 Å². The van der Waals surface area contributed by atoms with Crippen LogP contribution in [-0.2, 0) is 9.78 Å². The molecule has 25 heavy (non-hydrogen) atoms. The minimum atomic E-state index is -1.60. The average Bonchev–Trinajstić information content (AvgIpc) is 2.59. The van der Waals surface area contributed by atoms with Gasteiger partial charge in [-0.15, -0.1) is 6.58 Å². The van der Waals surface area contributed by atoms with Crippen molar-refractivity contribution < 1.29 is 14.6 Å². The number of carbonyl (C=O) groups excluding carboxylic acids is 1. The van der Waals surface area contributed by atoms with Crippen molar-refractivity contribution in [1.29, 1.82) is 0 Å². The van der Waals surface area contributed by atoms with Crippen molar-refractivity contribution >= 4 is 19.2 Å². The number of hydrogen-bond acceptors (Lipinski definition) is 3. The maximum absolute atomic E-state index is 12.2. The molecule has 0 aliphatic heterocycles. The molecule has 0 saturated heterocycles. The van der Waals surface area contributed by atoms with Crippen LogP contribution in [0.15, 0.2) is 36.5 Å². The summed E-state index contributed by atoms with van der Waals surface area (Å²) in [7, 11) is -1.60. The Labute approximate surface area is 153 Å². The lowest BCUT2D eigenvalue weighted by Gasteiger charge is -2.36. The van der Waals surface area contributed by atoms with Gasteiger partial charge in [-0.05, 0) is 49.1 Å². The predicted octanol–water partition coefficient (Wildman–Crippen LogP) is 5.02. The normalized spacial score (nSPS) is 21.6. The van der Waals surface area contributed by atoms with Gasteiger partial charge in [0, 0.05) is 0 Å². The summed E-state index contributed by atoms with van der Waals surface area (Å²) in [4.78, 5) is 22.7. The number of benzene rings is 1. The first-order valence-corrected chi connectivity index (χ1v) is 12.3. The first-order chi connectivity index (χ1) is 11.6. The van der Waals surface area contributed by atoms with E-state index >= 15 is 0 Å².